The van der Waals surface area contributed by atoms with Crippen LogP contribution >= 0.6 is 0 Å². The number of rotatable bonds is 5. The minimum absolute atomic E-state index is 0.980. The van der Waals surface area contributed by atoms with Gasteiger partial charge in [-0.15, -0.1) is 0 Å². The Morgan fingerprint density at radius 3 is 1.61 bits per heavy atom. The Hall–Kier alpha value is -2.80. The smallest absolute Gasteiger partial charge is 0.0461 e. The third-order valence-corrected chi connectivity index (χ3v) is 3.81. The fourth-order valence-corrected chi connectivity index (χ4v) is 2.64. The summed E-state index contributed by atoms with van der Waals surface area (Å²) in [5.74, 6) is 0. The normalized spacial score (nSPS) is 10.8. The van der Waals surface area contributed by atoms with Gasteiger partial charge in [0.15, 0.2) is 0 Å². The third-order valence-electron chi connectivity index (χ3n) is 3.81. The van der Waals surface area contributed by atoms with Gasteiger partial charge >= 0.3 is 0 Å². The Morgan fingerprint density at radius 1 is 0.652 bits per heavy atom. The highest BCUT2D eigenvalue weighted by Crippen LogP contribution is 2.33. The first-order valence-corrected chi connectivity index (χ1v) is 7.99. The second kappa shape index (κ2) is 7.46. The van der Waals surface area contributed by atoms with Gasteiger partial charge in [-0.1, -0.05) is 60.7 Å². The lowest BCUT2D eigenvalue weighted by atomic mass is 10.1. The molecule has 0 saturated heterocycles. The van der Waals surface area contributed by atoms with Crippen LogP contribution in [0.1, 0.15) is 12.5 Å². The van der Waals surface area contributed by atoms with Crippen LogP contribution in [-0.2, 0) is 6.42 Å². The molecule has 0 aromatic heterocycles. The average Bonchev–Trinajstić information content (AvgIpc) is 2.63. The lowest BCUT2D eigenvalue weighted by Gasteiger charge is -2.25. The maximum absolute atomic E-state index is 2.28. The molecule has 1 heteroatoms. The Labute approximate surface area is 138 Å². The molecular weight excluding hydrogens is 278 g/mol. The summed E-state index contributed by atoms with van der Waals surface area (Å²) in [7, 11) is 0. The molecule has 0 radical (unpaired) electrons. The van der Waals surface area contributed by atoms with E-state index in [1.807, 2.05) is 12.1 Å². The Balaban J connectivity index is 1.99. The first-order valence-electron chi connectivity index (χ1n) is 7.99. The van der Waals surface area contributed by atoms with Crippen molar-refractivity contribution in [2.75, 3.05) is 4.90 Å². The Kier molecular flexibility index (Phi) is 4.90. The van der Waals surface area contributed by atoms with Crippen molar-refractivity contribution >= 4 is 17.1 Å². The lowest BCUT2D eigenvalue weighted by molar-refractivity contribution is 1.23. The summed E-state index contributed by atoms with van der Waals surface area (Å²) in [6, 6.07) is 29.7. The topological polar surface area (TPSA) is 3.24 Å². The molecule has 0 N–H and O–H groups in total. The highest BCUT2D eigenvalue weighted by Gasteiger charge is 2.11. The second-order valence-electron chi connectivity index (χ2n) is 5.45. The van der Waals surface area contributed by atoms with E-state index in [9.17, 15) is 0 Å². The van der Waals surface area contributed by atoms with Gasteiger partial charge in [0.05, 0.1) is 0 Å². The molecule has 0 unspecified atom stereocenters. The van der Waals surface area contributed by atoms with Crippen molar-refractivity contribution in [3.63, 3.8) is 0 Å². The van der Waals surface area contributed by atoms with E-state index in [1.54, 1.807) is 0 Å². The predicted octanol–water partition coefficient (Wildman–Crippen LogP) is 6.28. The van der Waals surface area contributed by atoms with Crippen LogP contribution in [0, 0.1) is 0 Å². The summed E-state index contributed by atoms with van der Waals surface area (Å²) < 4.78 is 0. The van der Waals surface area contributed by atoms with Crippen LogP contribution in [0.15, 0.2) is 97.1 Å². The van der Waals surface area contributed by atoms with Crippen molar-refractivity contribution in [1.82, 2.24) is 0 Å². The zero-order valence-electron chi connectivity index (χ0n) is 13.4. The number of anilines is 3. The fraction of sp³-hybridized carbons (Fsp3) is 0.0909. The molecular formula is C22H21N. The molecule has 0 saturated carbocycles. The van der Waals surface area contributed by atoms with Gasteiger partial charge in [-0.2, -0.15) is 0 Å². The van der Waals surface area contributed by atoms with Gasteiger partial charge in [0, 0.05) is 17.1 Å². The molecule has 0 aliphatic rings. The molecule has 0 amide bonds. The van der Waals surface area contributed by atoms with Gasteiger partial charge < -0.3 is 4.90 Å². The summed E-state index contributed by atoms with van der Waals surface area (Å²) in [6.07, 6.45) is 5.25. The molecule has 0 atom stereocenters. The van der Waals surface area contributed by atoms with E-state index in [0.717, 1.165) is 6.42 Å². The van der Waals surface area contributed by atoms with Gasteiger partial charge in [-0.25, -0.2) is 0 Å². The molecule has 0 bridgehead atoms. The zero-order chi connectivity index (χ0) is 15.9. The van der Waals surface area contributed by atoms with Crippen molar-refractivity contribution < 1.29 is 0 Å². The van der Waals surface area contributed by atoms with E-state index in [2.05, 4.69) is 96.8 Å². The van der Waals surface area contributed by atoms with Gasteiger partial charge in [0.2, 0.25) is 0 Å². The predicted molar refractivity (Wildman–Crippen MR) is 99.6 cm³/mol. The van der Waals surface area contributed by atoms with Crippen LogP contribution in [0.5, 0.6) is 0 Å². The first-order chi connectivity index (χ1) is 11.4. The monoisotopic (exact) mass is 299 g/mol. The molecule has 0 aliphatic heterocycles. The third kappa shape index (κ3) is 3.70. The van der Waals surface area contributed by atoms with Gasteiger partial charge in [0.25, 0.3) is 0 Å². The van der Waals surface area contributed by atoms with E-state index >= 15 is 0 Å². The summed E-state index contributed by atoms with van der Waals surface area (Å²) in [5.41, 5.74) is 4.83. The largest absolute Gasteiger partial charge is 0.311 e. The van der Waals surface area contributed by atoms with Crippen LogP contribution in [0.2, 0.25) is 0 Å². The lowest BCUT2D eigenvalue weighted by Crippen LogP contribution is -2.09. The van der Waals surface area contributed by atoms with Crippen LogP contribution in [0.25, 0.3) is 0 Å². The van der Waals surface area contributed by atoms with Crippen molar-refractivity contribution in [1.29, 1.82) is 0 Å². The van der Waals surface area contributed by atoms with Crippen molar-refractivity contribution in [2.24, 2.45) is 0 Å². The van der Waals surface area contributed by atoms with Gasteiger partial charge in [-0.3, -0.25) is 0 Å². The molecule has 0 fully saturated rings. The highest BCUT2D eigenvalue weighted by molar-refractivity contribution is 5.76. The van der Waals surface area contributed by atoms with Crippen molar-refractivity contribution in [3.05, 3.63) is 103 Å². The Bertz CT molecular complexity index is 703. The van der Waals surface area contributed by atoms with Crippen LogP contribution in [0.4, 0.5) is 17.1 Å². The number of benzene rings is 3. The van der Waals surface area contributed by atoms with Crippen molar-refractivity contribution in [2.45, 2.75) is 13.3 Å². The fourth-order valence-electron chi connectivity index (χ4n) is 2.64. The zero-order valence-corrected chi connectivity index (χ0v) is 13.4. The summed E-state index contributed by atoms with van der Waals surface area (Å²) in [4.78, 5) is 2.28. The Morgan fingerprint density at radius 2 is 1.13 bits per heavy atom. The molecule has 0 aliphatic carbocycles. The van der Waals surface area contributed by atoms with Crippen LogP contribution in [-0.4, -0.2) is 0 Å². The second-order valence-corrected chi connectivity index (χ2v) is 5.45. The maximum Gasteiger partial charge on any atom is 0.0461 e. The number of hydrogen-bond acceptors (Lipinski definition) is 1. The van der Waals surface area contributed by atoms with Crippen molar-refractivity contribution in [3.8, 4) is 0 Å². The number of nitrogens with zero attached hydrogens (tertiary/aromatic N) is 1. The average molecular weight is 299 g/mol. The molecule has 1 nitrogen and oxygen atoms in total. The molecule has 0 heterocycles. The number of hydrogen-bond donors (Lipinski definition) is 0. The number of allylic oxidation sites excluding steroid dienone is 2. The molecule has 3 aromatic rings. The van der Waals surface area contributed by atoms with Gasteiger partial charge in [0.1, 0.15) is 0 Å². The quantitative estimate of drug-likeness (QED) is 0.501. The minimum Gasteiger partial charge on any atom is -0.311 e. The standard InChI is InChI=1S/C22H21N/c1-2-3-10-19-15-17-22(18-16-19)23(20-11-6-4-7-12-20)21-13-8-5-9-14-21/h2-9,11-18H,10H2,1H3. The van der Waals surface area contributed by atoms with Crippen LogP contribution < -0.4 is 4.90 Å². The summed E-state index contributed by atoms with van der Waals surface area (Å²) in [5, 5.41) is 0. The van der Waals surface area contributed by atoms with Crippen LogP contribution in [0.3, 0.4) is 0 Å². The number of para-hydroxylation sites is 2. The summed E-state index contributed by atoms with van der Waals surface area (Å²) >= 11 is 0. The van der Waals surface area contributed by atoms with Gasteiger partial charge in [-0.05, 0) is 55.3 Å². The van der Waals surface area contributed by atoms with E-state index in [4.69, 9.17) is 0 Å². The first kappa shape index (κ1) is 15.1. The molecule has 3 rings (SSSR count). The maximum atomic E-state index is 2.28. The molecule has 23 heavy (non-hydrogen) atoms. The summed E-state index contributed by atoms with van der Waals surface area (Å²) in [6.45, 7) is 2.06. The molecule has 3 aromatic carbocycles. The van der Waals surface area contributed by atoms with E-state index < -0.39 is 0 Å². The van der Waals surface area contributed by atoms with E-state index in [1.165, 1.54) is 22.6 Å². The minimum atomic E-state index is 0.980. The molecule has 0 spiro atoms. The van der Waals surface area contributed by atoms with E-state index in [0.29, 0.717) is 0 Å². The highest BCUT2D eigenvalue weighted by atomic mass is 15.1. The molecule has 114 valence electrons. The SMILES string of the molecule is CC=CCc1ccc(N(c2ccccc2)c2ccccc2)cc1. The van der Waals surface area contributed by atoms with E-state index in [-0.39, 0.29) is 0 Å².